The molecule has 0 saturated heterocycles. The van der Waals surface area contributed by atoms with E-state index in [4.69, 9.17) is 11.6 Å². The average molecular weight is 326 g/mol. The van der Waals surface area contributed by atoms with Crippen molar-refractivity contribution in [2.75, 3.05) is 0 Å². The molecule has 23 heavy (non-hydrogen) atoms. The predicted octanol–water partition coefficient (Wildman–Crippen LogP) is 4.60. The number of hydrogen-bond acceptors (Lipinski definition) is 3. The van der Waals surface area contributed by atoms with Gasteiger partial charge in [-0.25, -0.2) is 4.98 Å². The summed E-state index contributed by atoms with van der Waals surface area (Å²) in [6.07, 6.45) is 3.51. The van der Waals surface area contributed by atoms with Crippen LogP contribution in [0.15, 0.2) is 53.7 Å². The van der Waals surface area contributed by atoms with Crippen molar-refractivity contribution in [1.29, 1.82) is 0 Å². The molecule has 0 radical (unpaired) electrons. The molecule has 0 unspecified atom stereocenters. The van der Waals surface area contributed by atoms with Crippen molar-refractivity contribution in [3.63, 3.8) is 0 Å². The van der Waals surface area contributed by atoms with Crippen molar-refractivity contribution in [1.82, 2.24) is 9.55 Å². The van der Waals surface area contributed by atoms with Crippen LogP contribution in [0.1, 0.15) is 17.0 Å². The largest absolute Gasteiger partial charge is 0.506 e. The number of nitrogens with zero attached hydrogens (tertiary/aromatic N) is 3. The molecular weight excluding hydrogens is 310 g/mol. The fourth-order valence-electron chi connectivity index (χ4n) is 2.50. The first-order chi connectivity index (χ1) is 11.1. The molecule has 5 heteroatoms. The molecule has 0 atom stereocenters. The van der Waals surface area contributed by atoms with Crippen molar-refractivity contribution in [3.8, 4) is 11.6 Å². The van der Waals surface area contributed by atoms with Crippen molar-refractivity contribution >= 4 is 23.5 Å². The summed E-state index contributed by atoms with van der Waals surface area (Å²) in [4.78, 5) is 8.75. The number of pyridine rings is 1. The minimum Gasteiger partial charge on any atom is -0.506 e. The highest BCUT2D eigenvalue weighted by molar-refractivity contribution is 6.30. The summed E-state index contributed by atoms with van der Waals surface area (Å²) in [6.45, 7) is 4.05. The quantitative estimate of drug-likeness (QED) is 0.715. The third kappa shape index (κ3) is 3.12. The molecule has 0 aliphatic heterocycles. The van der Waals surface area contributed by atoms with Crippen LogP contribution in [-0.4, -0.2) is 20.9 Å². The Morgan fingerprint density at radius 2 is 2.00 bits per heavy atom. The molecule has 4 nitrogen and oxygen atoms in total. The lowest BCUT2D eigenvalue weighted by atomic mass is 10.2. The fourth-order valence-corrected chi connectivity index (χ4v) is 2.67. The number of halogens is 1. The van der Waals surface area contributed by atoms with Crippen LogP contribution < -0.4 is 0 Å². The third-order valence-electron chi connectivity index (χ3n) is 3.63. The maximum absolute atomic E-state index is 9.86. The summed E-state index contributed by atoms with van der Waals surface area (Å²) in [5.41, 5.74) is 3.57. The van der Waals surface area contributed by atoms with Gasteiger partial charge in [0, 0.05) is 40.5 Å². The highest BCUT2D eigenvalue weighted by Crippen LogP contribution is 2.29. The molecule has 0 aliphatic rings. The standard InChI is InChI=1S/C18H16ClN3O/c1-12-9-14(11-21-16-7-6-15(19)10-17(16)23)13(2)22(12)18-5-3-4-8-20-18/h3-11,23H,1-2H3. The molecular formula is C18H16ClN3O. The molecule has 0 spiro atoms. The van der Waals surface area contributed by atoms with Gasteiger partial charge in [0.15, 0.2) is 0 Å². The second-order valence-electron chi connectivity index (χ2n) is 5.24. The predicted molar refractivity (Wildman–Crippen MR) is 93.4 cm³/mol. The minimum absolute atomic E-state index is 0.0623. The van der Waals surface area contributed by atoms with Gasteiger partial charge in [-0.3, -0.25) is 4.99 Å². The van der Waals surface area contributed by atoms with E-state index in [1.54, 1.807) is 24.5 Å². The molecule has 0 saturated carbocycles. The zero-order chi connectivity index (χ0) is 16.4. The van der Waals surface area contributed by atoms with Crippen LogP contribution in [0.5, 0.6) is 5.75 Å². The van der Waals surface area contributed by atoms with E-state index in [1.165, 1.54) is 6.07 Å². The maximum atomic E-state index is 9.86. The Hall–Kier alpha value is -2.59. The average Bonchev–Trinajstić information content (AvgIpc) is 2.81. The molecule has 0 aliphatic carbocycles. The monoisotopic (exact) mass is 325 g/mol. The Labute approximate surface area is 139 Å². The van der Waals surface area contributed by atoms with Crippen LogP contribution in [0, 0.1) is 13.8 Å². The molecule has 3 aromatic rings. The molecule has 2 aromatic heterocycles. The highest BCUT2D eigenvalue weighted by Gasteiger charge is 2.10. The number of aliphatic imine (C=N–C) groups is 1. The van der Waals surface area contributed by atoms with Crippen LogP contribution in [0.4, 0.5) is 5.69 Å². The first-order valence-corrected chi connectivity index (χ1v) is 7.57. The van der Waals surface area contributed by atoms with Gasteiger partial charge in [-0.15, -0.1) is 0 Å². The second-order valence-corrected chi connectivity index (χ2v) is 5.68. The lowest BCUT2D eigenvalue weighted by Gasteiger charge is -2.07. The smallest absolute Gasteiger partial charge is 0.142 e. The van der Waals surface area contributed by atoms with Crippen molar-refractivity contribution < 1.29 is 5.11 Å². The lowest BCUT2D eigenvalue weighted by Crippen LogP contribution is -2.01. The van der Waals surface area contributed by atoms with Gasteiger partial charge in [-0.2, -0.15) is 0 Å². The van der Waals surface area contributed by atoms with Gasteiger partial charge in [0.1, 0.15) is 17.3 Å². The summed E-state index contributed by atoms with van der Waals surface area (Å²) in [5, 5.41) is 10.3. The number of hydrogen-bond donors (Lipinski definition) is 1. The van der Waals surface area contributed by atoms with Crippen LogP contribution in [0.25, 0.3) is 5.82 Å². The van der Waals surface area contributed by atoms with E-state index in [0.717, 1.165) is 22.8 Å². The van der Waals surface area contributed by atoms with E-state index >= 15 is 0 Å². The van der Waals surface area contributed by atoms with Crippen LogP contribution in [0.3, 0.4) is 0 Å². The van der Waals surface area contributed by atoms with Gasteiger partial charge in [0.05, 0.1) is 0 Å². The first kappa shape index (κ1) is 15.3. The van der Waals surface area contributed by atoms with Crippen molar-refractivity contribution in [3.05, 3.63) is 70.6 Å². The normalized spacial score (nSPS) is 11.3. The lowest BCUT2D eigenvalue weighted by molar-refractivity contribution is 0.477. The maximum Gasteiger partial charge on any atom is 0.142 e. The number of aryl methyl sites for hydroxylation is 1. The van der Waals surface area contributed by atoms with E-state index in [9.17, 15) is 5.11 Å². The van der Waals surface area contributed by atoms with Gasteiger partial charge in [-0.05, 0) is 44.2 Å². The topological polar surface area (TPSA) is 50.4 Å². The van der Waals surface area contributed by atoms with Gasteiger partial charge in [-0.1, -0.05) is 17.7 Å². The number of phenols is 1. The van der Waals surface area contributed by atoms with E-state index in [1.807, 2.05) is 38.1 Å². The SMILES string of the molecule is Cc1cc(C=Nc2ccc(Cl)cc2O)c(C)n1-c1ccccn1. The Bertz CT molecular complexity index is 869. The van der Waals surface area contributed by atoms with E-state index in [-0.39, 0.29) is 5.75 Å². The zero-order valence-electron chi connectivity index (χ0n) is 12.9. The molecule has 0 amide bonds. The van der Waals surface area contributed by atoms with Gasteiger partial charge in [0.25, 0.3) is 0 Å². The second kappa shape index (κ2) is 6.26. The first-order valence-electron chi connectivity index (χ1n) is 7.19. The van der Waals surface area contributed by atoms with Crippen LogP contribution in [-0.2, 0) is 0 Å². The number of benzene rings is 1. The molecule has 3 rings (SSSR count). The Morgan fingerprint density at radius 1 is 1.17 bits per heavy atom. The highest BCUT2D eigenvalue weighted by atomic mass is 35.5. The third-order valence-corrected chi connectivity index (χ3v) is 3.86. The molecule has 2 heterocycles. The van der Waals surface area contributed by atoms with Crippen LogP contribution in [0.2, 0.25) is 5.02 Å². The van der Waals surface area contributed by atoms with E-state index in [2.05, 4.69) is 14.5 Å². The Balaban J connectivity index is 1.97. The summed E-state index contributed by atoms with van der Waals surface area (Å²) in [6, 6.07) is 12.7. The number of aromatic hydroxyl groups is 1. The van der Waals surface area contributed by atoms with E-state index < -0.39 is 0 Å². The Morgan fingerprint density at radius 3 is 2.70 bits per heavy atom. The molecule has 1 aromatic carbocycles. The molecule has 116 valence electrons. The zero-order valence-corrected chi connectivity index (χ0v) is 13.6. The van der Waals surface area contributed by atoms with E-state index in [0.29, 0.717) is 10.7 Å². The summed E-state index contributed by atoms with van der Waals surface area (Å²) >= 11 is 5.83. The summed E-state index contributed by atoms with van der Waals surface area (Å²) in [7, 11) is 0. The van der Waals surface area contributed by atoms with Gasteiger partial charge < -0.3 is 9.67 Å². The Kier molecular flexibility index (Phi) is 4.17. The molecule has 1 N–H and O–H groups in total. The van der Waals surface area contributed by atoms with Crippen molar-refractivity contribution in [2.24, 2.45) is 4.99 Å². The fraction of sp³-hybridized carbons (Fsp3) is 0.111. The summed E-state index contributed by atoms with van der Waals surface area (Å²) < 4.78 is 2.07. The number of rotatable bonds is 3. The van der Waals surface area contributed by atoms with Gasteiger partial charge >= 0.3 is 0 Å². The molecule has 0 fully saturated rings. The van der Waals surface area contributed by atoms with Crippen LogP contribution >= 0.6 is 11.6 Å². The minimum atomic E-state index is 0.0623. The molecule has 0 bridgehead atoms. The summed E-state index contributed by atoms with van der Waals surface area (Å²) in [5.74, 6) is 0.934. The van der Waals surface area contributed by atoms with Gasteiger partial charge in [0.2, 0.25) is 0 Å². The van der Waals surface area contributed by atoms with Crippen molar-refractivity contribution in [2.45, 2.75) is 13.8 Å². The number of aromatic nitrogens is 2. The number of phenolic OH excluding ortho intramolecular Hbond substituents is 1.